The van der Waals surface area contributed by atoms with Crippen molar-refractivity contribution >= 4 is 11.6 Å². The van der Waals surface area contributed by atoms with Crippen LogP contribution >= 0.6 is 0 Å². The summed E-state index contributed by atoms with van der Waals surface area (Å²) in [6, 6.07) is 7.92. The van der Waals surface area contributed by atoms with E-state index >= 15 is 0 Å². The minimum atomic E-state index is -0.100. The molecule has 0 bridgehead atoms. The average molecular weight is 261 g/mol. The highest BCUT2D eigenvalue weighted by atomic mass is 16.5. The number of nitrogens with zero attached hydrogens (tertiary/aromatic N) is 2. The molecule has 1 aromatic carbocycles. The van der Waals surface area contributed by atoms with Gasteiger partial charge in [-0.1, -0.05) is 0 Å². The van der Waals surface area contributed by atoms with Crippen LogP contribution in [0.15, 0.2) is 29.3 Å². The van der Waals surface area contributed by atoms with Crippen LogP contribution < -0.4 is 15.4 Å². The van der Waals surface area contributed by atoms with E-state index < -0.39 is 0 Å². The van der Waals surface area contributed by atoms with E-state index in [1.54, 1.807) is 7.11 Å². The standard InChI is InChI=1S/C14H19N3O2/c1-18-12-5-3-11(4-6-12)17-13(15)16-9-14(17)7-2-8-19-10-14/h3-6H,2,7-10H2,1H3,(H2,15,16). The molecule has 1 aromatic rings. The maximum absolute atomic E-state index is 6.08. The summed E-state index contributed by atoms with van der Waals surface area (Å²) in [5.41, 5.74) is 7.02. The van der Waals surface area contributed by atoms with E-state index in [0.717, 1.165) is 30.9 Å². The number of nitrogens with two attached hydrogens (primary N) is 1. The van der Waals surface area contributed by atoms with Crippen LogP contribution in [0.3, 0.4) is 0 Å². The van der Waals surface area contributed by atoms with E-state index in [-0.39, 0.29) is 5.54 Å². The van der Waals surface area contributed by atoms with Crippen LogP contribution in [0.1, 0.15) is 12.8 Å². The number of ether oxygens (including phenoxy) is 2. The van der Waals surface area contributed by atoms with Crippen molar-refractivity contribution < 1.29 is 9.47 Å². The van der Waals surface area contributed by atoms with Crippen molar-refractivity contribution in [2.45, 2.75) is 18.4 Å². The maximum Gasteiger partial charge on any atom is 0.196 e. The van der Waals surface area contributed by atoms with Gasteiger partial charge < -0.3 is 20.1 Å². The predicted molar refractivity (Wildman–Crippen MR) is 74.7 cm³/mol. The highest BCUT2D eigenvalue weighted by molar-refractivity contribution is 5.98. The van der Waals surface area contributed by atoms with Gasteiger partial charge in [-0.15, -0.1) is 0 Å². The SMILES string of the molecule is COc1ccc(N2C(N)=NCC23CCCOC3)cc1. The Hall–Kier alpha value is -1.75. The zero-order valence-corrected chi connectivity index (χ0v) is 11.1. The molecule has 1 unspecified atom stereocenters. The zero-order valence-electron chi connectivity index (χ0n) is 11.1. The molecule has 2 aliphatic heterocycles. The fraction of sp³-hybridized carbons (Fsp3) is 0.500. The van der Waals surface area contributed by atoms with E-state index in [0.29, 0.717) is 19.1 Å². The molecule has 0 aliphatic carbocycles. The molecule has 5 heteroatoms. The van der Waals surface area contributed by atoms with E-state index in [4.69, 9.17) is 15.2 Å². The lowest BCUT2D eigenvalue weighted by molar-refractivity contribution is 0.0459. The second-order valence-electron chi connectivity index (χ2n) is 5.09. The zero-order chi connectivity index (χ0) is 13.3. The first-order valence-electron chi connectivity index (χ1n) is 6.57. The van der Waals surface area contributed by atoms with Crippen LogP contribution in [0.4, 0.5) is 5.69 Å². The summed E-state index contributed by atoms with van der Waals surface area (Å²) in [4.78, 5) is 6.54. The fourth-order valence-corrected chi connectivity index (χ4v) is 2.89. The molecule has 0 amide bonds. The minimum Gasteiger partial charge on any atom is -0.497 e. The normalized spacial score (nSPS) is 26.6. The number of methoxy groups -OCH3 is 1. The van der Waals surface area contributed by atoms with E-state index in [2.05, 4.69) is 9.89 Å². The summed E-state index contributed by atoms with van der Waals surface area (Å²) in [6.45, 7) is 2.23. The smallest absolute Gasteiger partial charge is 0.196 e. The first-order valence-corrected chi connectivity index (χ1v) is 6.57. The van der Waals surface area contributed by atoms with E-state index in [1.807, 2.05) is 24.3 Å². The molecular formula is C14H19N3O2. The van der Waals surface area contributed by atoms with E-state index in [9.17, 15) is 0 Å². The fourth-order valence-electron chi connectivity index (χ4n) is 2.89. The summed E-state index contributed by atoms with van der Waals surface area (Å²) < 4.78 is 10.8. The Morgan fingerprint density at radius 2 is 2.16 bits per heavy atom. The van der Waals surface area contributed by atoms with Crippen molar-refractivity contribution in [1.29, 1.82) is 0 Å². The Morgan fingerprint density at radius 1 is 1.37 bits per heavy atom. The number of guanidine groups is 1. The van der Waals surface area contributed by atoms with Gasteiger partial charge in [0, 0.05) is 12.3 Å². The lowest BCUT2D eigenvalue weighted by atomic mass is 9.91. The van der Waals surface area contributed by atoms with Gasteiger partial charge in [0.25, 0.3) is 0 Å². The largest absolute Gasteiger partial charge is 0.497 e. The van der Waals surface area contributed by atoms with Gasteiger partial charge in [-0.25, -0.2) is 0 Å². The Morgan fingerprint density at radius 3 is 2.79 bits per heavy atom. The number of rotatable bonds is 2. The molecule has 2 N–H and O–H groups in total. The molecule has 1 fully saturated rings. The summed E-state index contributed by atoms with van der Waals surface area (Å²) in [5, 5.41) is 0. The summed E-state index contributed by atoms with van der Waals surface area (Å²) in [7, 11) is 1.66. The summed E-state index contributed by atoms with van der Waals surface area (Å²) in [6.07, 6.45) is 2.11. The van der Waals surface area contributed by atoms with Gasteiger partial charge >= 0.3 is 0 Å². The lowest BCUT2D eigenvalue weighted by Crippen LogP contribution is -2.56. The third-order valence-corrected chi connectivity index (χ3v) is 3.87. The van der Waals surface area contributed by atoms with Crippen molar-refractivity contribution in [2.75, 3.05) is 31.8 Å². The second-order valence-corrected chi connectivity index (χ2v) is 5.09. The van der Waals surface area contributed by atoms with E-state index in [1.165, 1.54) is 0 Å². The third-order valence-electron chi connectivity index (χ3n) is 3.87. The molecule has 1 spiro atoms. The molecule has 19 heavy (non-hydrogen) atoms. The maximum atomic E-state index is 6.08. The number of aliphatic imine (C=N–C) groups is 1. The molecule has 3 rings (SSSR count). The number of hydrogen-bond donors (Lipinski definition) is 1. The second kappa shape index (κ2) is 4.74. The minimum absolute atomic E-state index is 0.100. The van der Waals surface area contributed by atoms with Gasteiger partial charge in [-0.3, -0.25) is 4.99 Å². The van der Waals surface area contributed by atoms with Crippen molar-refractivity contribution in [2.24, 2.45) is 10.7 Å². The molecule has 2 heterocycles. The van der Waals surface area contributed by atoms with Gasteiger partial charge in [-0.2, -0.15) is 0 Å². The number of hydrogen-bond acceptors (Lipinski definition) is 5. The Balaban J connectivity index is 1.92. The van der Waals surface area contributed by atoms with Gasteiger partial charge in [-0.05, 0) is 37.1 Å². The molecule has 1 saturated heterocycles. The molecule has 102 valence electrons. The molecule has 1 atom stereocenters. The van der Waals surface area contributed by atoms with Gasteiger partial charge in [0.1, 0.15) is 5.75 Å². The van der Waals surface area contributed by atoms with Crippen molar-refractivity contribution in [1.82, 2.24) is 0 Å². The quantitative estimate of drug-likeness (QED) is 0.873. The monoisotopic (exact) mass is 261 g/mol. The van der Waals surface area contributed by atoms with Gasteiger partial charge in [0.2, 0.25) is 0 Å². The van der Waals surface area contributed by atoms with Crippen molar-refractivity contribution in [3.63, 3.8) is 0 Å². The number of anilines is 1. The lowest BCUT2D eigenvalue weighted by Gasteiger charge is -2.41. The highest BCUT2D eigenvalue weighted by Gasteiger charge is 2.44. The molecular weight excluding hydrogens is 242 g/mol. The van der Waals surface area contributed by atoms with Crippen LogP contribution in [-0.4, -0.2) is 38.4 Å². The summed E-state index contributed by atoms with van der Waals surface area (Å²) >= 11 is 0. The first-order chi connectivity index (χ1) is 9.25. The van der Waals surface area contributed by atoms with Gasteiger partial charge in [0.05, 0.1) is 25.8 Å². The van der Waals surface area contributed by atoms with Crippen LogP contribution in [0.5, 0.6) is 5.75 Å². The third kappa shape index (κ3) is 2.04. The Labute approximate surface area is 113 Å². The van der Waals surface area contributed by atoms with Crippen LogP contribution in [0, 0.1) is 0 Å². The van der Waals surface area contributed by atoms with Crippen LogP contribution in [0.25, 0.3) is 0 Å². The molecule has 0 saturated carbocycles. The van der Waals surface area contributed by atoms with Crippen LogP contribution in [-0.2, 0) is 4.74 Å². The molecule has 5 nitrogen and oxygen atoms in total. The highest BCUT2D eigenvalue weighted by Crippen LogP contribution is 2.35. The summed E-state index contributed by atoms with van der Waals surface area (Å²) in [5.74, 6) is 1.42. The average Bonchev–Trinajstić information content (AvgIpc) is 2.77. The number of benzene rings is 1. The van der Waals surface area contributed by atoms with Crippen LogP contribution in [0.2, 0.25) is 0 Å². The topological polar surface area (TPSA) is 60.1 Å². The van der Waals surface area contributed by atoms with Crippen molar-refractivity contribution in [3.8, 4) is 5.75 Å². The molecule has 0 radical (unpaired) electrons. The van der Waals surface area contributed by atoms with Gasteiger partial charge in [0.15, 0.2) is 5.96 Å². The Kier molecular flexibility index (Phi) is 3.06. The Bertz CT molecular complexity index is 478. The molecule has 0 aromatic heterocycles. The molecule has 2 aliphatic rings. The predicted octanol–water partition coefficient (Wildman–Crippen LogP) is 1.38. The first kappa shape index (κ1) is 12.3. The van der Waals surface area contributed by atoms with Crippen molar-refractivity contribution in [3.05, 3.63) is 24.3 Å².